The second-order valence-corrected chi connectivity index (χ2v) is 15.3. The molecular formula is C55H35N5. The molecule has 0 saturated carbocycles. The fraction of sp³-hybridized carbons (Fsp3) is 0. The Bertz CT molecular complexity index is 3580. The van der Waals surface area contributed by atoms with Gasteiger partial charge >= 0.3 is 0 Å². The molecule has 0 fully saturated rings. The topological polar surface area (TPSA) is 48.5 Å². The van der Waals surface area contributed by atoms with Crippen LogP contribution in [0.5, 0.6) is 0 Å². The second kappa shape index (κ2) is 13.8. The van der Waals surface area contributed by atoms with Crippen LogP contribution in [0.3, 0.4) is 0 Å². The minimum Gasteiger partial charge on any atom is -0.309 e. The van der Waals surface area contributed by atoms with E-state index in [-0.39, 0.29) is 0 Å². The average molecular weight is 766 g/mol. The standard InChI is InChI=1S/C55H35N5/c1-3-14-37(15-4-1)53-56-54(58-55(57-53)42-28-31-51-47(34-42)45-22-9-11-24-49(45)59(51)43-20-5-2-6-21-43)41-19-13-18-38(32-41)36-26-29-44(30-27-36)60-50-25-12-10-23-46(50)48-33-39-16-7-8-17-40(39)35-52(48)60/h1-35H. The Balaban J connectivity index is 0.956. The lowest BCUT2D eigenvalue weighted by Crippen LogP contribution is -2.00. The summed E-state index contributed by atoms with van der Waals surface area (Å²) in [5.41, 5.74) is 11.9. The Kier molecular flexibility index (Phi) is 7.78. The Hall–Kier alpha value is -8.15. The first-order valence-corrected chi connectivity index (χ1v) is 20.3. The molecule has 3 aromatic heterocycles. The molecule has 0 aliphatic carbocycles. The summed E-state index contributed by atoms with van der Waals surface area (Å²) in [6.45, 7) is 0. The quantitative estimate of drug-likeness (QED) is 0.169. The van der Waals surface area contributed by atoms with Gasteiger partial charge in [0, 0.05) is 49.6 Å². The van der Waals surface area contributed by atoms with Crippen LogP contribution < -0.4 is 0 Å². The molecule has 5 nitrogen and oxygen atoms in total. The molecule has 3 heterocycles. The molecule has 12 rings (SSSR count). The third-order valence-electron chi connectivity index (χ3n) is 11.7. The third kappa shape index (κ3) is 5.59. The molecule has 0 bridgehead atoms. The van der Waals surface area contributed by atoms with Crippen molar-refractivity contribution in [3.8, 4) is 56.7 Å². The number of nitrogens with zero attached hydrogens (tertiary/aromatic N) is 5. The van der Waals surface area contributed by atoms with Gasteiger partial charge in [-0.15, -0.1) is 0 Å². The van der Waals surface area contributed by atoms with E-state index in [9.17, 15) is 0 Å². The molecule has 0 amide bonds. The lowest BCUT2D eigenvalue weighted by molar-refractivity contribution is 1.07. The zero-order chi connectivity index (χ0) is 39.6. The molecule has 9 aromatic carbocycles. The van der Waals surface area contributed by atoms with E-state index < -0.39 is 0 Å². The van der Waals surface area contributed by atoms with Crippen LogP contribution in [0.25, 0.3) is 111 Å². The molecule has 0 aliphatic heterocycles. The third-order valence-corrected chi connectivity index (χ3v) is 11.7. The van der Waals surface area contributed by atoms with E-state index in [1.165, 1.54) is 38.0 Å². The summed E-state index contributed by atoms with van der Waals surface area (Å²) in [7, 11) is 0. The van der Waals surface area contributed by atoms with Crippen LogP contribution in [0.1, 0.15) is 0 Å². The Labute approximate surface area is 346 Å². The van der Waals surface area contributed by atoms with Crippen LogP contribution in [0.4, 0.5) is 0 Å². The van der Waals surface area contributed by atoms with Crippen molar-refractivity contribution >= 4 is 54.4 Å². The lowest BCUT2D eigenvalue weighted by Gasteiger charge is -2.11. The minimum absolute atomic E-state index is 0.627. The maximum Gasteiger partial charge on any atom is 0.164 e. The first kappa shape index (κ1) is 33.9. The van der Waals surface area contributed by atoms with Crippen molar-refractivity contribution in [2.75, 3.05) is 0 Å². The number of para-hydroxylation sites is 3. The van der Waals surface area contributed by atoms with Gasteiger partial charge in [-0.25, -0.2) is 15.0 Å². The smallest absolute Gasteiger partial charge is 0.164 e. The molecule has 0 spiro atoms. The first-order chi connectivity index (χ1) is 29.7. The van der Waals surface area contributed by atoms with Gasteiger partial charge in [-0.1, -0.05) is 140 Å². The summed E-state index contributed by atoms with van der Waals surface area (Å²) >= 11 is 0. The first-order valence-electron chi connectivity index (χ1n) is 20.3. The van der Waals surface area contributed by atoms with Crippen LogP contribution in [0, 0.1) is 0 Å². The Morgan fingerprint density at radius 2 is 0.717 bits per heavy atom. The van der Waals surface area contributed by atoms with Crippen LogP contribution in [-0.4, -0.2) is 24.1 Å². The number of benzene rings is 9. The fourth-order valence-corrected chi connectivity index (χ4v) is 8.89. The lowest BCUT2D eigenvalue weighted by atomic mass is 10.0. The van der Waals surface area contributed by atoms with Gasteiger partial charge in [-0.2, -0.15) is 0 Å². The fourth-order valence-electron chi connectivity index (χ4n) is 8.89. The maximum absolute atomic E-state index is 5.18. The van der Waals surface area contributed by atoms with Crippen molar-refractivity contribution in [2.45, 2.75) is 0 Å². The molecule has 12 aromatic rings. The van der Waals surface area contributed by atoms with Crippen molar-refractivity contribution in [1.29, 1.82) is 0 Å². The average Bonchev–Trinajstić information content (AvgIpc) is 3.83. The highest BCUT2D eigenvalue weighted by molar-refractivity contribution is 6.14. The Morgan fingerprint density at radius 1 is 0.250 bits per heavy atom. The van der Waals surface area contributed by atoms with Crippen molar-refractivity contribution in [3.05, 3.63) is 212 Å². The van der Waals surface area contributed by atoms with Crippen LogP contribution in [-0.2, 0) is 0 Å². The maximum atomic E-state index is 5.18. The summed E-state index contributed by atoms with van der Waals surface area (Å²) in [5.74, 6) is 1.89. The van der Waals surface area contributed by atoms with E-state index >= 15 is 0 Å². The van der Waals surface area contributed by atoms with Crippen molar-refractivity contribution in [3.63, 3.8) is 0 Å². The number of fused-ring (bicyclic) bond motifs is 7. The summed E-state index contributed by atoms with van der Waals surface area (Å²) in [4.78, 5) is 15.4. The normalized spacial score (nSPS) is 11.7. The zero-order valence-corrected chi connectivity index (χ0v) is 32.4. The van der Waals surface area contributed by atoms with E-state index in [1.54, 1.807) is 0 Å². The predicted octanol–water partition coefficient (Wildman–Crippen LogP) is 13.9. The van der Waals surface area contributed by atoms with Crippen molar-refractivity contribution < 1.29 is 0 Å². The molecule has 0 atom stereocenters. The molecule has 60 heavy (non-hydrogen) atoms. The van der Waals surface area contributed by atoms with E-state index in [4.69, 9.17) is 15.0 Å². The molecule has 0 aliphatic rings. The van der Waals surface area contributed by atoms with Gasteiger partial charge in [-0.3, -0.25) is 0 Å². The van der Waals surface area contributed by atoms with E-state index in [2.05, 4.69) is 203 Å². The Morgan fingerprint density at radius 3 is 1.42 bits per heavy atom. The highest BCUT2D eigenvalue weighted by Crippen LogP contribution is 2.37. The summed E-state index contributed by atoms with van der Waals surface area (Å²) < 4.78 is 4.71. The van der Waals surface area contributed by atoms with E-state index in [0.29, 0.717) is 17.5 Å². The SMILES string of the molecule is c1ccc(-c2nc(-c3cccc(-c4ccc(-n5c6ccccc6c6cc7ccccc7cc65)cc4)c3)nc(-c3ccc4c(c3)c3ccccc3n4-c3ccccc3)n2)cc1. The molecule has 0 radical (unpaired) electrons. The van der Waals surface area contributed by atoms with Gasteiger partial charge in [0.1, 0.15) is 0 Å². The van der Waals surface area contributed by atoms with Gasteiger partial charge in [0.2, 0.25) is 0 Å². The van der Waals surface area contributed by atoms with Crippen LogP contribution >= 0.6 is 0 Å². The molecular weight excluding hydrogens is 731 g/mol. The van der Waals surface area contributed by atoms with Gasteiger partial charge in [-0.05, 0) is 94.7 Å². The van der Waals surface area contributed by atoms with E-state index in [0.717, 1.165) is 55.6 Å². The van der Waals surface area contributed by atoms with Gasteiger partial charge in [0.25, 0.3) is 0 Å². The van der Waals surface area contributed by atoms with Gasteiger partial charge in [0.05, 0.1) is 22.1 Å². The number of hydrogen-bond acceptors (Lipinski definition) is 3. The zero-order valence-electron chi connectivity index (χ0n) is 32.4. The monoisotopic (exact) mass is 765 g/mol. The summed E-state index contributed by atoms with van der Waals surface area (Å²) in [5, 5.41) is 7.32. The molecule has 0 N–H and O–H groups in total. The highest BCUT2D eigenvalue weighted by Gasteiger charge is 2.18. The molecule has 0 saturated heterocycles. The summed E-state index contributed by atoms with van der Waals surface area (Å²) in [6.07, 6.45) is 0. The van der Waals surface area contributed by atoms with Crippen molar-refractivity contribution in [2.24, 2.45) is 0 Å². The molecule has 280 valence electrons. The highest BCUT2D eigenvalue weighted by atomic mass is 15.0. The predicted molar refractivity (Wildman–Crippen MR) is 248 cm³/mol. The number of rotatable bonds is 6. The number of aromatic nitrogens is 5. The largest absolute Gasteiger partial charge is 0.309 e. The molecule has 5 heteroatoms. The van der Waals surface area contributed by atoms with Crippen molar-refractivity contribution in [1.82, 2.24) is 24.1 Å². The number of hydrogen-bond donors (Lipinski definition) is 0. The molecule has 0 unspecified atom stereocenters. The van der Waals surface area contributed by atoms with Gasteiger partial charge in [0.15, 0.2) is 17.5 Å². The van der Waals surface area contributed by atoms with Crippen LogP contribution in [0.15, 0.2) is 212 Å². The van der Waals surface area contributed by atoms with Crippen LogP contribution in [0.2, 0.25) is 0 Å². The minimum atomic E-state index is 0.627. The van der Waals surface area contributed by atoms with E-state index in [1.807, 2.05) is 18.2 Å². The van der Waals surface area contributed by atoms with Gasteiger partial charge < -0.3 is 9.13 Å². The summed E-state index contributed by atoms with van der Waals surface area (Å²) in [6, 6.07) is 75.1. The second-order valence-electron chi connectivity index (χ2n) is 15.3.